The molecule has 0 aliphatic heterocycles. The highest BCUT2D eigenvalue weighted by atomic mass is 16.2. The summed E-state index contributed by atoms with van der Waals surface area (Å²) in [4.78, 5) is 23.3. The lowest BCUT2D eigenvalue weighted by Crippen LogP contribution is -2.24. The van der Waals surface area contributed by atoms with E-state index in [1.54, 1.807) is 18.3 Å². The topological polar surface area (TPSA) is 76.0 Å². The van der Waals surface area contributed by atoms with Crippen LogP contribution in [0.2, 0.25) is 0 Å². The van der Waals surface area contributed by atoms with Crippen molar-refractivity contribution in [2.24, 2.45) is 0 Å². The number of anilines is 1. The Hall–Kier alpha value is -2.89. The molecular formula is C18H22N4O2. The summed E-state index contributed by atoms with van der Waals surface area (Å²) in [6.45, 7) is 8.71. The van der Waals surface area contributed by atoms with Gasteiger partial charge in [0, 0.05) is 30.0 Å². The average Bonchev–Trinajstić information content (AvgIpc) is 2.94. The number of carbonyl (C=O) groups is 2. The number of aromatic nitrogens is 2. The van der Waals surface area contributed by atoms with E-state index in [-0.39, 0.29) is 18.2 Å². The smallest absolute Gasteiger partial charge is 0.247 e. The Morgan fingerprint density at radius 1 is 1.29 bits per heavy atom. The molecule has 1 aromatic carbocycles. The zero-order valence-corrected chi connectivity index (χ0v) is 14.0. The van der Waals surface area contributed by atoms with Gasteiger partial charge in [0.2, 0.25) is 11.8 Å². The third kappa shape index (κ3) is 4.55. The Kier molecular flexibility index (Phi) is 5.89. The molecule has 2 N–H and O–H groups in total. The van der Waals surface area contributed by atoms with Crippen LogP contribution in [0.15, 0.2) is 43.1 Å². The van der Waals surface area contributed by atoms with E-state index >= 15 is 0 Å². The van der Waals surface area contributed by atoms with Gasteiger partial charge in [0.05, 0.1) is 12.6 Å². The molecule has 0 radical (unpaired) electrons. The van der Waals surface area contributed by atoms with Crippen LogP contribution in [0.1, 0.15) is 23.7 Å². The van der Waals surface area contributed by atoms with E-state index in [1.165, 1.54) is 6.08 Å². The van der Waals surface area contributed by atoms with Crippen LogP contribution in [0, 0.1) is 6.92 Å². The second-order valence-corrected chi connectivity index (χ2v) is 5.41. The fourth-order valence-electron chi connectivity index (χ4n) is 2.32. The molecule has 1 heterocycles. The Bertz CT molecular complexity index is 732. The molecule has 0 fully saturated rings. The molecule has 0 aliphatic carbocycles. The molecule has 0 aliphatic rings. The van der Waals surface area contributed by atoms with Gasteiger partial charge < -0.3 is 10.6 Å². The summed E-state index contributed by atoms with van der Waals surface area (Å²) in [5.74, 6) is -0.315. The van der Waals surface area contributed by atoms with Crippen molar-refractivity contribution in [3.63, 3.8) is 0 Å². The predicted molar refractivity (Wildman–Crippen MR) is 93.5 cm³/mol. The molecule has 1 aromatic heterocycles. The molecule has 6 heteroatoms. The minimum Gasteiger partial charge on any atom is -0.352 e. The quantitative estimate of drug-likeness (QED) is 0.766. The fourth-order valence-corrected chi connectivity index (χ4v) is 2.32. The van der Waals surface area contributed by atoms with Gasteiger partial charge in [-0.1, -0.05) is 18.7 Å². The average molecular weight is 326 g/mol. The molecule has 0 saturated carbocycles. The maximum atomic E-state index is 12.1. The van der Waals surface area contributed by atoms with Gasteiger partial charge in [-0.2, -0.15) is 5.10 Å². The summed E-state index contributed by atoms with van der Waals surface area (Å²) in [5.41, 5.74) is 3.64. The maximum absolute atomic E-state index is 12.1. The molecule has 2 aromatic rings. The summed E-state index contributed by atoms with van der Waals surface area (Å²) >= 11 is 0. The van der Waals surface area contributed by atoms with E-state index in [4.69, 9.17) is 0 Å². The van der Waals surface area contributed by atoms with E-state index in [9.17, 15) is 9.59 Å². The van der Waals surface area contributed by atoms with E-state index in [1.807, 2.05) is 30.7 Å². The molecule has 24 heavy (non-hydrogen) atoms. The van der Waals surface area contributed by atoms with Crippen molar-refractivity contribution >= 4 is 17.5 Å². The number of amides is 2. The van der Waals surface area contributed by atoms with E-state index in [0.717, 1.165) is 23.4 Å². The third-order valence-corrected chi connectivity index (χ3v) is 3.75. The fraction of sp³-hybridized carbons (Fsp3) is 0.278. The molecule has 0 unspecified atom stereocenters. The van der Waals surface area contributed by atoms with Gasteiger partial charge in [0.1, 0.15) is 0 Å². The van der Waals surface area contributed by atoms with Gasteiger partial charge >= 0.3 is 0 Å². The number of carbonyl (C=O) groups excluding carboxylic acids is 2. The lowest BCUT2D eigenvalue weighted by molar-refractivity contribution is -0.120. The summed E-state index contributed by atoms with van der Waals surface area (Å²) in [6.07, 6.45) is 3.29. The second-order valence-electron chi connectivity index (χ2n) is 5.41. The Morgan fingerprint density at radius 2 is 2.00 bits per heavy atom. The molecule has 0 bridgehead atoms. The first kappa shape index (κ1) is 17.5. The molecule has 2 amide bonds. The van der Waals surface area contributed by atoms with Gasteiger partial charge in [0.25, 0.3) is 0 Å². The predicted octanol–water partition coefficient (Wildman–Crippen LogP) is 2.19. The highest BCUT2D eigenvalue weighted by Crippen LogP contribution is 2.11. The van der Waals surface area contributed by atoms with E-state index in [0.29, 0.717) is 12.2 Å². The number of rotatable bonds is 7. The SMILES string of the molecule is C=CC(=O)Nc1ccc(CC(=O)NCc2cnn(CC)c2C)cc1. The minimum atomic E-state index is -0.261. The monoisotopic (exact) mass is 326 g/mol. The largest absolute Gasteiger partial charge is 0.352 e. The summed E-state index contributed by atoms with van der Waals surface area (Å²) in [6, 6.07) is 7.16. The standard InChI is InChI=1S/C18H22N4O2/c1-4-17(23)21-16-8-6-14(7-9-16)10-18(24)19-11-15-12-20-22(5-2)13(15)3/h4,6-9,12H,1,5,10-11H2,2-3H3,(H,19,24)(H,21,23). The first-order valence-electron chi connectivity index (χ1n) is 7.83. The molecule has 2 rings (SSSR count). The summed E-state index contributed by atoms with van der Waals surface area (Å²) in [7, 11) is 0. The van der Waals surface area contributed by atoms with Gasteiger partial charge in [0.15, 0.2) is 0 Å². The van der Waals surface area contributed by atoms with Gasteiger partial charge in [-0.25, -0.2) is 0 Å². The normalized spacial score (nSPS) is 10.2. The molecule has 0 saturated heterocycles. The van der Waals surface area contributed by atoms with Crippen LogP contribution in [0.4, 0.5) is 5.69 Å². The Labute approximate surface area is 141 Å². The van der Waals surface area contributed by atoms with Crippen molar-refractivity contribution in [3.8, 4) is 0 Å². The lowest BCUT2D eigenvalue weighted by atomic mass is 10.1. The van der Waals surface area contributed by atoms with Crippen LogP contribution in [-0.4, -0.2) is 21.6 Å². The molecule has 126 valence electrons. The summed E-state index contributed by atoms with van der Waals surface area (Å²) in [5, 5.41) is 9.83. The maximum Gasteiger partial charge on any atom is 0.247 e. The van der Waals surface area contributed by atoms with Crippen molar-refractivity contribution in [1.29, 1.82) is 0 Å². The Morgan fingerprint density at radius 3 is 2.58 bits per heavy atom. The lowest BCUT2D eigenvalue weighted by Gasteiger charge is -2.07. The molecule has 0 spiro atoms. The van der Waals surface area contributed by atoms with Crippen molar-refractivity contribution in [2.45, 2.75) is 33.4 Å². The van der Waals surface area contributed by atoms with Crippen LogP contribution in [0.3, 0.4) is 0 Å². The number of hydrogen-bond acceptors (Lipinski definition) is 3. The van der Waals surface area contributed by atoms with Gasteiger partial charge in [-0.05, 0) is 37.6 Å². The molecule has 0 atom stereocenters. The van der Waals surface area contributed by atoms with Crippen LogP contribution in [0.5, 0.6) is 0 Å². The van der Waals surface area contributed by atoms with Crippen molar-refractivity contribution in [1.82, 2.24) is 15.1 Å². The van der Waals surface area contributed by atoms with E-state index in [2.05, 4.69) is 22.3 Å². The highest BCUT2D eigenvalue weighted by Gasteiger charge is 2.08. The van der Waals surface area contributed by atoms with Crippen LogP contribution >= 0.6 is 0 Å². The second kappa shape index (κ2) is 8.10. The number of nitrogens with one attached hydrogen (secondary N) is 2. The van der Waals surface area contributed by atoms with Crippen LogP contribution < -0.4 is 10.6 Å². The van der Waals surface area contributed by atoms with Crippen LogP contribution in [0.25, 0.3) is 0 Å². The number of aryl methyl sites for hydroxylation is 1. The number of hydrogen-bond donors (Lipinski definition) is 2. The zero-order valence-electron chi connectivity index (χ0n) is 14.0. The van der Waals surface area contributed by atoms with Gasteiger partial charge in [-0.15, -0.1) is 0 Å². The first-order chi connectivity index (χ1) is 11.5. The van der Waals surface area contributed by atoms with E-state index < -0.39 is 0 Å². The molecular weight excluding hydrogens is 304 g/mol. The highest BCUT2D eigenvalue weighted by molar-refractivity contribution is 5.98. The zero-order chi connectivity index (χ0) is 17.5. The van der Waals surface area contributed by atoms with Crippen molar-refractivity contribution in [3.05, 3.63) is 59.9 Å². The Balaban J connectivity index is 1.86. The van der Waals surface area contributed by atoms with Crippen molar-refractivity contribution < 1.29 is 9.59 Å². The molecule has 6 nitrogen and oxygen atoms in total. The van der Waals surface area contributed by atoms with Crippen LogP contribution in [-0.2, 0) is 29.1 Å². The van der Waals surface area contributed by atoms with Gasteiger partial charge in [-0.3, -0.25) is 14.3 Å². The third-order valence-electron chi connectivity index (χ3n) is 3.75. The number of nitrogens with zero attached hydrogens (tertiary/aromatic N) is 2. The first-order valence-corrected chi connectivity index (χ1v) is 7.83. The minimum absolute atomic E-state index is 0.0541. The summed E-state index contributed by atoms with van der Waals surface area (Å²) < 4.78 is 1.90. The van der Waals surface area contributed by atoms with Crippen molar-refractivity contribution in [2.75, 3.05) is 5.32 Å². The number of benzene rings is 1.